The standard InChI is InChI=1S/C11H12FN3O3/c1-7-4-5-9(15(17)18)10(13-7)11(16)8(12)6-14(2)3/h4-6H,1-3H3. The molecule has 1 aromatic rings. The monoisotopic (exact) mass is 253 g/mol. The van der Waals surface area contributed by atoms with Crippen molar-refractivity contribution in [1.29, 1.82) is 0 Å². The van der Waals surface area contributed by atoms with E-state index >= 15 is 0 Å². The number of hydrogen-bond donors (Lipinski definition) is 0. The van der Waals surface area contributed by atoms with Crippen molar-refractivity contribution < 1.29 is 14.1 Å². The molecule has 0 aliphatic heterocycles. The highest BCUT2D eigenvalue weighted by molar-refractivity contribution is 6.08. The highest BCUT2D eigenvalue weighted by Gasteiger charge is 2.25. The SMILES string of the molecule is Cc1ccc([N+](=O)[O-])c(C(=O)C(F)=CN(C)C)n1. The second-order valence-electron chi connectivity index (χ2n) is 3.85. The van der Waals surface area contributed by atoms with Crippen LogP contribution in [0.3, 0.4) is 0 Å². The third-order valence-electron chi connectivity index (χ3n) is 2.01. The van der Waals surface area contributed by atoms with E-state index in [1.54, 1.807) is 6.92 Å². The Morgan fingerprint density at radius 3 is 2.61 bits per heavy atom. The average molecular weight is 253 g/mol. The second kappa shape index (κ2) is 5.35. The number of aryl methyl sites for hydroxylation is 1. The summed E-state index contributed by atoms with van der Waals surface area (Å²) in [6, 6.07) is 2.53. The van der Waals surface area contributed by atoms with Gasteiger partial charge in [0.25, 0.3) is 5.69 Å². The van der Waals surface area contributed by atoms with E-state index in [1.807, 2.05) is 0 Å². The predicted molar refractivity (Wildman–Crippen MR) is 62.8 cm³/mol. The Morgan fingerprint density at radius 2 is 2.11 bits per heavy atom. The van der Waals surface area contributed by atoms with Crippen LogP contribution in [0.2, 0.25) is 0 Å². The molecule has 0 spiro atoms. The van der Waals surface area contributed by atoms with Crippen molar-refractivity contribution in [2.45, 2.75) is 6.92 Å². The summed E-state index contributed by atoms with van der Waals surface area (Å²) in [7, 11) is 3.07. The fraction of sp³-hybridized carbons (Fsp3) is 0.273. The first kappa shape index (κ1) is 13.8. The van der Waals surface area contributed by atoms with Crippen molar-refractivity contribution in [3.63, 3.8) is 0 Å². The van der Waals surface area contributed by atoms with E-state index in [4.69, 9.17) is 0 Å². The van der Waals surface area contributed by atoms with Crippen LogP contribution in [0.4, 0.5) is 10.1 Å². The summed E-state index contributed by atoms with van der Waals surface area (Å²) >= 11 is 0. The first-order chi connectivity index (χ1) is 8.32. The average Bonchev–Trinajstić information content (AvgIpc) is 2.26. The molecule has 1 rings (SSSR count). The molecule has 0 N–H and O–H groups in total. The molecule has 0 unspecified atom stereocenters. The summed E-state index contributed by atoms with van der Waals surface area (Å²) in [5.41, 5.74) is -0.592. The van der Waals surface area contributed by atoms with Gasteiger partial charge in [0, 0.05) is 32.1 Å². The number of ketones is 1. The van der Waals surface area contributed by atoms with E-state index in [0.717, 1.165) is 12.3 Å². The quantitative estimate of drug-likeness (QED) is 0.354. The normalized spacial score (nSPS) is 11.2. The fourth-order valence-corrected chi connectivity index (χ4v) is 1.26. The molecule has 1 heterocycles. The largest absolute Gasteiger partial charge is 0.381 e. The third kappa shape index (κ3) is 3.09. The topological polar surface area (TPSA) is 76.3 Å². The lowest BCUT2D eigenvalue weighted by atomic mass is 10.2. The number of aromatic nitrogens is 1. The Morgan fingerprint density at radius 1 is 1.50 bits per heavy atom. The summed E-state index contributed by atoms with van der Waals surface area (Å²) in [6.45, 7) is 1.56. The van der Waals surface area contributed by atoms with E-state index in [0.29, 0.717) is 5.69 Å². The van der Waals surface area contributed by atoms with Crippen LogP contribution in [0.5, 0.6) is 0 Å². The molecule has 0 amide bonds. The van der Waals surface area contributed by atoms with Gasteiger partial charge in [-0.25, -0.2) is 9.37 Å². The molecule has 0 aliphatic carbocycles. The number of halogens is 1. The van der Waals surface area contributed by atoms with Gasteiger partial charge in [0.2, 0.25) is 5.78 Å². The number of hydrogen-bond acceptors (Lipinski definition) is 5. The number of rotatable bonds is 4. The van der Waals surface area contributed by atoms with Crippen LogP contribution >= 0.6 is 0 Å². The smallest absolute Gasteiger partial charge is 0.299 e. The van der Waals surface area contributed by atoms with Crippen molar-refractivity contribution in [1.82, 2.24) is 9.88 Å². The zero-order valence-electron chi connectivity index (χ0n) is 10.2. The lowest BCUT2D eigenvalue weighted by Crippen LogP contribution is -2.11. The van der Waals surface area contributed by atoms with Crippen LogP contribution in [0.1, 0.15) is 16.2 Å². The number of Topliss-reactive ketones (excluding diaryl/α,β-unsaturated/α-hetero) is 1. The zero-order chi connectivity index (χ0) is 13.9. The summed E-state index contributed by atoms with van der Waals surface area (Å²) < 4.78 is 13.5. The maximum absolute atomic E-state index is 13.5. The Bertz CT molecular complexity index is 526. The maximum Gasteiger partial charge on any atom is 0.299 e. The molecule has 0 aliphatic rings. The molecule has 0 aromatic carbocycles. The molecule has 7 heteroatoms. The molecule has 0 saturated heterocycles. The molecule has 18 heavy (non-hydrogen) atoms. The van der Waals surface area contributed by atoms with Crippen molar-refractivity contribution >= 4 is 11.5 Å². The fourth-order valence-electron chi connectivity index (χ4n) is 1.26. The molecule has 0 saturated carbocycles. The number of carbonyl (C=O) groups is 1. The van der Waals surface area contributed by atoms with E-state index in [1.165, 1.54) is 25.1 Å². The van der Waals surface area contributed by atoms with Gasteiger partial charge in [-0.3, -0.25) is 14.9 Å². The van der Waals surface area contributed by atoms with Gasteiger partial charge in [-0.15, -0.1) is 0 Å². The Labute approximate surface area is 103 Å². The van der Waals surface area contributed by atoms with Gasteiger partial charge in [-0.1, -0.05) is 0 Å². The third-order valence-corrected chi connectivity index (χ3v) is 2.01. The van der Waals surface area contributed by atoms with E-state index < -0.39 is 27.9 Å². The second-order valence-corrected chi connectivity index (χ2v) is 3.85. The van der Waals surface area contributed by atoms with Crippen molar-refractivity contribution in [3.05, 3.63) is 45.7 Å². The molecule has 0 fully saturated rings. The molecule has 96 valence electrons. The Balaban J connectivity index is 3.28. The van der Waals surface area contributed by atoms with Crippen molar-refractivity contribution in [2.75, 3.05) is 14.1 Å². The van der Waals surface area contributed by atoms with Crippen LogP contribution in [0.25, 0.3) is 0 Å². The summed E-state index contributed by atoms with van der Waals surface area (Å²) in [4.78, 5) is 26.8. The van der Waals surface area contributed by atoms with E-state index in [9.17, 15) is 19.3 Å². The van der Waals surface area contributed by atoms with Gasteiger partial charge in [-0.05, 0) is 13.0 Å². The number of allylic oxidation sites excluding steroid dienone is 1. The van der Waals surface area contributed by atoms with Gasteiger partial charge in [0.1, 0.15) is 0 Å². The molecule has 1 aromatic heterocycles. The van der Waals surface area contributed by atoms with Gasteiger partial charge in [0.15, 0.2) is 11.5 Å². The molecular formula is C11H12FN3O3. The van der Waals surface area contributed by atoms with Crippen molar-refractivity contribution in [3.8, 4) is 0 Å². The predicted octanol–water partition coefficient (Wildman–Crippen LogP) is 1.85. The van der Waals surface area contributed by atoms with Crippen LogP contribution in [0, 0.1) is 17.0 Å². The van der Waals surface area contributed by atoms with Gasteiger partial charge < -0.3 is 4.90 Å². The number of nitro groups is 1. The minimum Gasteiger partial charge on any atom is -0.381 e. The lowest BCUT2D eigenvalue weighted by Gasteiger charge is -2.05. The highest BCUT2D eigenvalue weighted by Crippen LogP contribution is 2.20. The summed E-state index contributed by atoms with van der Waals surface area (Å²) in [5.74, 6) is -2.19. The summed E-state index contributed by atoms with van der Waals surface area (Å²) in [6.07, 6.45) is 0.941. The van der Waals surface area contributed by atoms with E-state index in [-0.39, 0.29) is 0 Å². The minimum atomic E-state index is -1.10. The van der Waals surface area contributed by atoms with Crippen LogP contribution < -0.4 is 0 Å². The van der Waals surface area contributed by atoms with Crippen LogP contribution in [0.15, 0.2) is 24.2 Å². The van der Waals surface area contributed by atoms with Crippen molar-refractivity contribution in [2.24, 2.45) is 0 Å². The Kier molecular flexibility index (Phi) is 4.09. The first-order valence-electron chi connectivity index (χ1n) is 5.03. The summed E-state index contributed by atoms with van der Waals surface area (Å²) in [5, 5.41) is 10.7. The van der Waals surface area contributed by atoms with Crippen LogP contribution in [-0.2, 0) is 0 Å². The molecular weight excluding hydrogens is 241 g/mol. The van der Waals surface area contributed by atoms with E-state index in [2.05, 4.69) is 4.98 Å². The van der Waals surface area contributed by atoms with Gasteiger partial charge >= 0.3 is 0 Å². The van der Waals surface area contributed by atoms with Gasteiger partial charge in [0.05, 0.1) is 4.92 Å². The number of pyridine rings is 1. The van der Waals surface area contributed by atoms with Crippen LogP contribution in [-0.4, -0.2) is 34.7 Å². The lowest BCUT2D eigenvalue weighted by molar-refractivity contribution is -0.385. The highest BCUT2D eigenvalue weighted by atomic mass is 19.1. The maximum atomic E-state index is 13.5. The first-order valence-corrected chi connectivity index (χ1v) is 5.03. The molecule has 0 atom stereocenters. The zero-order valence-corrected chi connectivity index (χ0v) is 10.2. The number of carbonyl (C=O) groups excluding carboxylic acids is 1. The van der Waals surface area contributed by atoms with Gasteiger partial charge in [-0.2, -0.15) is 0 Å². The molecule has 6 nitrogen and oxygen atoms in total. The Hall–Kier alpha value is -2.31. The minimum absolute atomic E-state index is 0.404. The molecule has 0 bridgehead atoms. The number of nitrogens with zero attached hydrogens (tertiary/aromatic N) is 3. The molecule has 0 radical (unpaired) electrons.